The van der Waals surface area contributed by atoms with Crippen LogP contribution in [-0.2, 0) is 0 Å². The van der Waals surface area contributed by atoms with Crippen LogP contribution in [0, 0.1) is 0 Å². The van der Waals surface area contributed by atoms with Crippen molar-refractivity contribution in [3.8, 4) is 0 Å². The van der Waals surface area contributed by atoms with Gasteiger partial charge in [-0.25, -0.2) is 4.79 Å². The van der Waals surface area contributed by atoms with Gasteiger partial charge in [0.15, 0.2) is 0 Å². The minimum Gasteiger partial charge on any atom is -0.465 e. The second kappa shape index (κ2) is 5.60. The number of primary amides is 1. The molecule has 0 saturated carbocycles. The third-order valence-corrected chi connectivity index (χ3v) is 2.06. The highest BCUT2D eigenvalue weighted by Gasteiger charge is 1.95. The van der Waals surface area contributed by atoms with Crippen molar-refractivity contribution in [1.82, 2.24) is 0 Å². The van der Waals surface area contributed by atoms with Crippen molar-refractivity contribution in [2.75, 3.05) is 12.4 Å². The zero-order valence-electron chi connectivity index (χ0n) is 8.97. The number of hydrogen-bond donors (Lipinski definition) is 3. The molecule has 0 heterocycles. The van der Waals surface area contributed by atoms with Crippen molar-refractivity contribution < 1.29 is 9.90 Å². The van der Waals surface area contributed by atoms with E-state index >= 15 is 0 Å². The lowest BCUT2D eigenvalue weighted by Gasteiger charge is -2.04. The number of carbonyl (C=O) groups is 1. The van der Waals surface area contributed by atoms with Gasteiger partial charge in [-0.15, -0.1) is 0 Å². The van der Waals surface area contributed by atoms with E-state index in [0.29, 0.717) is 0 Å². The highest BCUT2D eigenvalue weighted by Crippen LogP contribution is 2.21. The second-order valence-electron chi connectivity index (χ2n) is 3.11. The van der Waals surface area contributed by atoms with E-state index in [1.54, 1.807) is 0 Å². The summed E-state index contributed by atoms with van der Waals surface area (Å²) in [6.45, 7) is 0. The van der Waals surface area contributed by atoms with Crippen LogP contribution in [0.1, 0.15) is 0 Å². The van der Waals surface area contributed by atoms with Gasteiger partial charge in [-0.2, -0.15) is 0 Å². The summed E-state index contributed by atoms with van der Waals surface area (Å²) in [5.41, 5.74) is 5.22. The van der Waals surface area contributed by atoms with E-state index in [-0.39, 0.29) is 0 Å². The van der Waals surface area contributed by atoms with Crippen LogP contribution < -0.4 is 11.1 Å². The number of nitrogens with two attached hydrogens (primary N) is 1. The fraction of sp³-hybridized carbons (Fsp3) is 0.0833. The van der Waals surface area contributed by atoms with Gasteiger partial charge in [0.05, 0.1) is 0 Å². The van der Waals surface area contributed by atoms with Gasteiger partial charge in [0.2, 0.25) is 0 Å². The van der Waals surface area contributed by atoms with Crippen LogP contribution in [-0.4, -0.2) is 18.2 Å². The van der Waals surface area contributed by atoms with Crippen LogP contribution in [0.15, 0.2) is 42.5 Å². The van der Waals surface area contributed by atoms with Gasteiger partial charge >= 0.3 is 6.09 Å². The molecule has 0 saturated heterocycles. The van der Waals surface area contributed by atoms with Crippen LogP contribution >= 0.6 is 0 Å². The third-order valence-electron chi connectivity index (χ3n) is 2.06. The van der Waals surface area contributed by atoms with Gasteiger partial charge in [-0.3, -0.25) is 0 Å². The van der Waals surface area contributed by atoms with Gasteiger partial charge < -0.3 is 16.2 Å². The van der Waals surface area contributed by atoms with E-state index in [1.807, 2.05) is 7.05 Å². The highest BCUT2D eigenvalue weighted by atomic mass is 16.4. The molecule has 0 radical (unpaired) electrons. The molecule has 16 heavy (non-hydrogen) atoms. The molecular formula is C12H14N2O2. The molecule has 0 unspecified atom stereocenters. The van der Waals surface area contributed by atoms with E-state index in [4.69, 9.17) is 9.90 Å². The minimum absolute atomic E-state index is 1.19. The van der Waals surface area contributed by atoms with Crippen molar-refractivity contribution in [2.45, 2.75) is 0 Å². The zero-order chi connectivity index (χ0) is 12.0. The van der Waals surface area contributed by atoms with Crippen molar-refractivity contribution in [3.05, 3.63) is 42.5 Å². The smallest absolute Gasteiger partial charge is 0.402 e. The molecule has 0 aromatic heterocycles. The SMILES string of the molecule is CNc1cccc2ccccc12.NC(=O)O. The Labute approximate surface area is 93.7 Å². The maximum Gasteiger partial charge on any atom is 0.402 e. The molecule has 0 aliphatic rings. The number of benzene rings is 2. The minimum atomic E-state index is -1.33. The lowest BCUT2D eigenvalue weighted by Crippen LogP contribution is -2.03. The van der Waals surface area contributed by atoms with Crippen LogP contribution in [0.25, 0.3) is 10.8 Å². The summed E-state index contributed by atoms with van der Waals surface area (Å²) in [6.07, 6.45) is -1.33. The van der Waals surface area contributed by atoms with E-state index in [2.05, 4.69) is 53.5 Å². The number of hydrogen-bond acceptors (Lipinski definition) is 2. The maximum atomic E-state index is 8.78. The van der Waals surface area contributed by atoms with Gasteiger partial charge in [0, 0.05) is 18.1 Å². The van der Waals surface area contributed by atoms with Crippen LogP contribution in [0.2, 0.25) is 0 Å². The summed E-state index contributed by atoms with van der Waals surface area (Å²) in [7, 11) is 1.95. The molecule has 0 aliphatic heterocycles. The van der Waals surface area contributed by atoms with E-state index in [9.17, 15) is 0 Å². The molecule has 2 aromatic rings. The zero-order valence-corrected chi connectivity index (χ0v) is 8.97. The Kier molecular flexibility index (Phi) is 4.15. The fourth-order valence-electron chi connectivity index (χ4n) is 1.44. The highest BCUT2D eigenvalue weighted by molar-refractivity contribution is 5.93. The summed E-state index contributed by atoms with van der Waals surface area (Å²) in [5, 5.41) is 12.9. The van der Waals surface area contributed by atoms with Crippen molar-refractivity contribution in [1.29, 1.82) is 0 Å². The molecule has 2 rings (SSSR count). The summed E-state index contributed by atoms with van der Waals surface area (Å²) in [5.74, 6) is 0. The largest absolute Gasteiger partial charge is 0.465 e. The van der Waals surface area contributed by atoms with Crippen LogP contribution in [0.3, 0.4) is 0 Å². The fourth-order valence-corrected chi connectivity index (χ4v) is 1.44. The standard InChI is InChI=1S/C11H11N.CH3NO2/c1-12-11-8-4-6-9-5-2-3-7-10(9)11;2-1(3)4/h2-8,12H,1H3;2H2,(H,3,4). The quantitative estimate of drug-likeness (QED) is 0.688. The Morgan fingerprint density at radius 1 is 1.19 bits per heavy atom. The van der Waals surface area contributed by atoms with Gasteiger partial charge in [-0.05, 0) is 11.5 Å². The summed E-state index contributed by atoms with van der Waals surface area (Å²) in [6, 6.07) is 14.6. The summed E-state index contributed by atoms with van der Waals surface area (Å²) >= 11 is 0. The van der Waals surface area contributed by atoms with Gasteiger partial charge in [0.25, 0.3) is 0 Å². The lowest BCUT2D eigenvalue weighted by atomic mass is 10.1. The molecule has 0 aliphatic carbocycles. The molecule has 4 nitrogen and oxygen atoms in total. The second-order valence-corrected chi connectivity index (χ2v) is 3.11. The Balaban J connectivity index is 0.000000280. The van der Waals surface area contributed by atoms with E-state index in [1.165, 1.54) is 16.5 Å². The maximum absolute atomic E-state index is 8.78. The summed E-state index contributed by atoms with van der Waals surface area (Å²) in [4.78, 5) is 8.78. The number of rotatable bonds is 1. The number of amides is 1. The Bertz CT molecular complexity index is 474. The number of anilines is 1. The van der Waals surface area contributed by atoms with Gasteiger partial charge in [-0.1, -0.05) is 36.4 Å². The molecule has 1 amide bonds. The average Bonchev–Trinajstić information content (AvgIpc) is 2.27. The molecule has 0 fully saturated rings. The first-order valence-electron chi connectivity index (χ1n) is 4.79. The molecule has 84 valence electrons. The Hall–Kier alpha value is -2.23. The molecule has 0 bridgehead atoms. The van der Waals surface area contributed by atoms with E-state index < -0.39 is 6.09 Å². The predicted molar refractivity (Wildman–Crippen MR) is 65.7 cm³/mol. The Morgan fingerprint density at radius 2 is 1.75 bits per heavy atom. The molecular weight excluding hydrogens is 204 g/mol. The normalized spacial score (nSPS) is 9.06. The van der Waals surface area contributed by atoms with Crippen LogP contribution in [0.5, 0.6) is 0 Å². The molecule has 0 atom stereocenters. The molecule has 2 aromatic carbocycles. The monoisotopic (exact) mass is 218 g/mol. The predicted octanol–water partition coefficient (Wildman–Crippen LogP) is 2.50. The van der Waals surface area contributed by atoms with Crippen LogP contribution in [0.4, 0.5) is 10.5 Å². The molecule has 4 N–H and O–H groups in total. The number of nitrogens with one attached hydrogen (secondary N) is 1. The molecule has 0 spiro atoms. The first-order chi connectivity index (χ1) is 7.65. The Morgan fingerprint density at radius 3 is 2.38 bits per heavy atom. The third kappa shape index (κ3) is 3.16. The molecule has 4 heteroatoms. The van der Waals surface area contributed by atoms with E-state index in [0.717, 1.165) is 0 Å². The number of carboxylic acid groups (broad SMARTS) is 1. The topological polar surface area (TPSA) is 75.3 Å². The van der Waals surface area contributed by atoms with Crippen molar-refractivity contribution >= 4 is 22.6 Å². The number of fused-ring (bicyclic) bond motifs is 1. The first-order valence-corrected chi connectivity index (χ1v) is 4.79. The van der Waals surface area contributed by atoms with Crippen molar-refractivity contribution in [3.63, 3.8) is 0 Å². The van der Waals surface area contributed by atoms with Crippen molar-refractivity contribution in [2.24, 2.45) is 5.73 Å². The lowest BCUT2D eigenvalue weighted by molar-refractivity contribution is 0.205. The van der Waals surface area contributed by atoms with Gasteiger partial charge in [0.1, 0.15) is 0 Å². The first kappa shape index (κ1) is 11.8. The average molecular weight is 218 g/mol. The summed E-state index contributed by atoms with van der Waals surface area (Å²) < 4.78 is 0.